The first-order chi connectivity index (χ1) is 14.9. The van der Waals surface area contributed by atoms with E-state index in [1.807, 2.05) is 13.8 Å². The van der Waals surface area contributed by atoms with Crippen molar-refractivity contribution >= 4 is 29.9 Å². The predicted octanol–water partition coefficient (Wildman–Crippen LogP) is 4.02. The molecule has 0 saturated heterocycles. The van der Waals surface area contributed by atoms with E-state index in [0.717, 1.165) is 5.56 Å². The molecule has 0 aliphatic heterocycles. The number of alkyl halides is 2. The maximum atomic E-state index is 12.7. The summed E-state index contributed by atoms with van der Waals surface area (Å²) in [5.41, 5.74) is 2.01. The zero-order valence-corrected chi connectivity index (χ0v) is 20.9. The number of guanidine groups is 1. The zero-order valence-electron chi connectivity index (χ0n) is 18.5. The Kier molecular flexibility index (Phi) is 12.1. The minimum absolute atomic E-state index is 0. The topological polar surface area (TPSA) is 84.3 Å². The van der Waals surface area contributed by atoms with E-state index in [1.54, 1.807) is 37.4 Å². The smallest absolute Gasteiger partial charge is 0.387 e. The summed E-state index contributed by atoms with van der Waals surface area (Å²) in [6.45, 7) is 1.70. The summed E-state index contributed by atoms with van der Waals surface area (Å²) >= 11 is 0. The van der Waals surface area contributed by atoms with Crippen molar-refractivity contribution in [2.24, 2.45) is 4.99 Å². The van der Waals surface area contributed by atoms with E-state index in [0.29, 0.717) is 35.1 Å². The molecule has 0 heterocycles. The van der Waals surface area contributed by atoms with Gasteiger partial charge < -0.3 is 30.0 Å². The van der Waals surface area contributed by atoms with Crippen LogP contribution in [0.25, 0.3) is 0 Å². The molecule has 2 aromatic carbocycles. The number of nitrogens with one attached hydrogen (secondary N) is 2. The fourth-order valence-corrected chi connectivity index (χ4v) is 2.95. The van der Waals surface area contributed by atoms with Gasteiger partial charge in [-0.15, -0.1) is 24.0 Å². The van der Waals surface area contributed by atoms with E-state index in [4.69, 9.17) is 9.47 Å². The Bertz CT molecular complexity index is 884. The van der Waals surface area contributed by atoms with Gasteiger partial charge in [0.05, 0.1) is 26.9 Å². The number of hydrogen-bond donors (Lipinski definition) is 3. The maximum Gasteiger partial charge on any atom is 0.387 e. The van der Waals surface area contributed by atoms with Crippen molar-refractivity contribution in [1.82, 2.24) is 10.6 Å². The molecular formula is C22H30F2IN3O4. The van der Waals surface area contributed by atoms with Crippen molar-refractivity contribution < 1.29 is 28.1 Å². The SMILES string of the molecule is CCNC(=NCc1cc(C)ccc1OC(F)F)NCC(O)c1cc(OC)ccc1OC.I. The molecule has 0 saturated carbocycles. The molecule has 0 aliphatic rings. The van der Waals surface area contributed by atoms with Gasteiger partial charge in [-0.2, -0.15) is 8.78 Å². The first kappa shape index (κ1) is 27.7. The highest BCUT2D eigenvalue weighted by atomic mass is 127. The number of aliphatic imine (C=N–C) groups is 1. The van der Waals surface area contributed by atoms with Crippen molar-refractivity contribution in [3.05, 3.63) is 53.1 Å². The molecule has 32 heavy (non-hydrogen) atoms. The number of aryl methyl sites for hydroxylation is 1. The lowest BCUT2D eigenvalue weighted by molar-refractivity contribution is -0.0504. The van der Waals surface area contributed by atoms with E-state index < -0.39 is 12.7 Å². The monoisotopic (exact) mass is 565 g/mol. The number of halogens is 3. The van der Waals surface area contributed by atoms with Gasteiger partial charge in [-0.05, 0) is 38.1 Å². The quantitative estimate of drug-likeness (QED) is 0.230. The fraction of sp³-hybridized carbons (Fsp3) is 0.409. The highest BCUT2D eigenvalue weighted by Gasteiger charge is 2.16. The third-order valence-corrected chi connectivity index (χ3v) is 4.44. The van der Waals surface area contributed by atoms with Crippen molar-refractivity contribution in [3.63, 3.8) is 0 Å². The second-order valence-electron chi connectivity index (χ2n) is 6.69. The van der Waals surface area contributed by atoms with Crippen LogP contribution in [-0.4, -0.2) is 45.0 Å². The van der Waals surface area contributed by atoms with Crippen LogP contribution in [0.3, 0.4) is 0 Å². The van der Waals surface area contributed by atoms with Crippen LogP contribution >= 0.6 is 24.0 Å². The summed E-state index contributed by atoms with van der Waals surface area (Å²) in [6.07, 6.45) is -0.898. The molecular weight excluding hydrogens is 535 g/mol. The van der Waals surface area contributed by atoms with E-state index >= 15 is 0 Å². The third kappa shape index (κ3) is 8.30. The van der Waals surface area contributed by atoms with Crippen LogP contribution in [0.1, 0.15) is 29.7 Å². The molecule has 2 rings (SSSR count). The lowest BCUT2D eigenvalue weighted by Crippen LogP contribution is -2.39. The summed E-state index contributed by atoms with van der Waals surface area (Å²) in [7, 11) is 3.07. The highest BCUT2D eigenvalue weighted by molar-refractivity contribution is 14.0. The van der Waals surface area contributed by atoms with Crippen molar-refractivity contribution in [3.8, 4) is 17.2 Å². The number of methoxy groups -OCH3 is 2. The van der Waals surface area contributed by atoms with Gasteiger partial charge in [-0.25, -0.2) is 4.99 Å². The minimum Gasteiger partial charge on any atom is -0.497 e. The van der Waals surface area contributed by atoms with Crippen LogP contribution in [0.15, 0.2) is 41.4 Å². The standard InChI is InChI=1S/C22H29F2N3O4.HI/c1-5-25-22(26-12-15-10-14(2)6-8-19(15)31-21(23)24)27-13-18(28)17-11-16(29-3)7-9-20(17)30-4;/h6-11,18,21,28H,5,12-13H2,1-4H3,(H2,25,26,27);1H. The van der Waals surface area contributed by atoms with E-state index in [2.05, 4.69) is 20.4 Å². The van der Waals surface area contributed by atoms with Gasteiger partial charge in [0.2, 0.25) is 0 Å². The van der Waals surface area contributed by atoms with Gasteiger partial charge in [-0.1, -0.05) is 17.7 Å². The second kappa shape index (κ2) is 13.9. The molecule has 178 valence electrons. The number of aliphatic hydroxyl groups excluding tert-OH is 1. The van der Waals surface area contributed by atoms with Crippen LogP contribution in [0.5, 0.6) is 17.2 Å². The van der Waals surface area contributed by atoms with Crippen LogP contribution in [0, 0.1) is 6.92 Å². The number of aliphatic hydroxyl groups is 1. The van der Waals surface area contributed by atoms with Crippen molar-refractivity contribution in [2.45, 2.75) is 33.1 Å². The molecule has 0 amide bonds. The number of benzene rings is 2. The average Bonchev–Trinajstić information content (AvgIpc) is 2.76. The first-order valence-corrected chi connectivity index (χ1v) is 9.84. The highest BCUT2D eigenvalue weighted by Crippen LogP contribution is 2.29. The third-order valence-electron chi connectivity index (χ3n) is 4.44. The van der Waals surface area contributed by atoms with Crippen LogP contribution < -0.4 is 24.8 Å². The van der Waals surface area contributed by atoms with Crippen molar-refractivity contribution in [2.75, 3.05) is 27.3 Å². The molecule has 7 nitrogen and oxygen atoms in total. The van der Waals surface area contributed by atoms with Gasteiger partial charge in [0, 0.05) is 24.2 Å². The lowest BCUT2D eigenvalue weighted by Gasteiger charge is -2.18. The zero-order chi connectivity index (χ0) is 22.8. The fourth-order valence-electron chi connectivity index (χ4n) is 2.95. The molecule has 1 unspecified atom stereocenters. The van der Waals surface area contributed by atoms with Crippen LogP contribution in [0.2, 0.25) is 0 Å². The van der Waals surface area contributed by atoms with Gasteiger partial charge >= 0.3 is 6.61 Å². The van der Waals surface area contributed by atoms with Gasteiger partial charge in [0.25, 0.3) is 0 Å². The number of hydrogen-bond acceptors (Lipinski definition) is 5. The summed E-state index contributed by atoms with van der Waals surface area (Å²) in [4.78, 5) is 4.44. The molecule has 0 radical (unpaired) electrons. The molecule has 1 atom stereocenters. The summed E-state index contributed by atoms with van der Waals surface area (Å²) < 4.78 is 40.5. The molecule has 0 aliphatic carbocycles. The molecule has 0 spiro atoms. The number of nitrogens with zero attached hydrogens (tertiary/aromatic N) is 1. The molecule has 2 aromatic rings. The minimum atomic E-state index is -2.91. The second-order valence-corrected chi connectivity index (χ2v) is 6.69. The average molecular weight is 565 g/mol. The van der Waals surface area contributed by atoms with E-state index in [9.17, 15) is 13.9 Å². The van der Waals surface area contributed by atoms with E-state index in [-0.39, 0.29) is 42.8 Å². The first-order valence-electron chi connectivity index (χ1n) is 9.84. The molecule has 0 aromatic heterocycles. The van der Waals surface area contributed by atoms with Gasteiger partial charge in [0.1, 0.15) is 17.2 Å². The Balaban J connectivity index is 0.00000512. The Labute approximate surface area is 204 Å². The number of ether oxygens (including phenoxy) is 3. The summed E-state index contributed by atoms with van der Waals surface area (Å²) in [6, 6.07) is 10.1. The Morgan fingerprint density at radius 2 is 1.78 bits per heavy atom. The lowest BCUT2D eigenvalue weighted by atomic mass is 10.1. The largest absolute Gasteiger partial charge is 0.497 e. The number of rotatable bonds is 10. The van der Waals surface area contributed by atoms with E-state index in [1.165, 1.54) is 13.2 Å². The summed E-state index contributed by atoms with van der Waals surface area (Å²) in [5, 5.41) is 16.8. The molecule has 0 fully saturated rings. The van der Waals surface area contributed by atoms with Crippen LogP contribution in [0.4, 0.5) is 8.78 Å². The Morgan fingerprint density at radius 1 is 1.06 bits per heavy atom. The predicted molar refractivity (Wildman–Crippen MR) is 131 cm³/mol. The Morgan fingerprint density at radius 3 is 2.41 bits per heavy atom. The van der Waals surface area contributed by atoms with Gasteiger partial charge in [-0.3, -0.25) is 0 Å². The molecule has 0 bridgehead atoms. The van der Waals surface area contributed by atoms with Gasteiger partial charge in [0.15, 0.2) is 5.96 Å². The normalized spacial score (nSPS) is 12.1. The maximum absolute atomic E-state index is 12.7. The molecule has 3 N–H and O–H groups in total. The molecule has 10 heteroatoms. The van der Waals surface area contributed by atoms with Crippen LogP contribution in [-0.2, 0) is 6.54 Å². The Hall–Kier alpha value is -2.34. The summed E-state index contributed by atoms with van der Waals surface area (Å²) in [5.74, 6) is 1.64. The van der Waals surface area contributed by atoms with Crippen molar-refractivity contribution in [1.29, 1.82) is 0 Å².